The van der Waals surface area contributed by atoms with Crippen molar-refractivity contribution in [2.24, 2.45) is 11.3 Å². The molecule has 0 aromatic carbocycles. The summed E-state index contributed by atoms with van der Waals surface area (Å²) in [6.07, 6.45) is 8.38. The van der Waals surface area contributed by atoms with Gasteiger partial charge in [-0.25, -0.2) is 4.98 Å². The third-order valence-corrected chi connectivity index (χ3v) is 4.61. The maximum Gasteiger partial charge on any atom is 0.258 e. The zero-order chi connectivity index (χ0) is 12.0. The minimum absolute atomic E-state index is 0.0204. The van der Waals surface area contributed by atoms with Crippen molar-refractivity contribution in [1.82, 2.24) is 9.55 Å². The van der Waals surface area contributed by atoms with Crippen molar-refractivity contribution in [2.75, 3.05) is 5.73 Å². The maximum absolute atomic E-state index is 12.0. The normalized spacial score (nSPS) is 22.2. The third kappa shape index (κ3) is 1.66. The Bertz CT molecular complexity index is 494. The van der Waals surface area contributed by atoms with Crippen molar-refractivity contribution < 1.29 is 0 Å². The van der Waals surface area contributed by atoms with Gasteiger partial charge in [0.05, 0.1) is 11.9 Å². The lowest BCUT2D eigenvalue weighted by Crippen LogP contribution is -2.45. The molecule has 0 radical (unpaired) electrons. The molecule has 0 amide bonds. The number of nitrogens with zero attached hydrogens (tertiary/aromatic N) is 2. The monoisotopic (exact) mass is 233 g/mol. The van der Waals surface area contributed by atoms with Crippen LogP contribution in [-0.2, 0) is 6.54 Å². The van der Waals surface area contributed by atoms with E-state index in [1.54, 1.807) is 17.8 Å². The van der Waals surface area contributed by atoms with Crippen LogP contribution in [0.25, 0.3) is 0 Å². The van der Waals surface area contributed by atoms with Gasteiger partial charge in [0.15, 0.2) is 0 Å². The summed E-state index contributed by atoms with van der Waals surface area (Å²) in [5, 5.41) is 0. The lowest BCUT2D eigenvalue weighted by atomic mass is 9.52. The van der Waals surface area contributed by atoms with E-state index in [1.807, 2.05) is 0 Å². The molecule has 0 saturated heterocycles. The minimum Gasteiger partial charge on any atom is -0.383 e. The zero-order valence-electron chi connectivity index (χ0n) is 10.3. The van der Waals surface area contributed by atoms with Gasteiger partial charge in [0.1, 0.15) is 5.82 Å². The van der Waals surface area contributed by atoms with Crippen molar-refractivity contribution in [3.63, 3.8) is 0 Å². The average Bonchev–Trinajstić information content (AvgIpc) is 2.20. The molecular formula is C13H19N3O. The lowest BCUT2D eigenvalue weighted by molar-refractivity contribution is -0.0315. The van der Waals surface area contributed by atoms with Crippen LogP contribution in [-0.4, -0.2) is 9.55 Å². The minimum atomic E-state index is 0.0204. The van der Waals surface area contributed by atoms with E-state index in [9.17, 15) is 4.79 Å². The molecular weight excluding hydrogens is 214 g/mol. The molecule has 2 aliphatic carbocycles. The summed E-state index contributed by atoms with van der Waals surface area (Å²) in [5.41, 5.74) is 6.88. The molecule has 92 valence electrons. The largest absolute Gasteiger partial charge is 0.383 e. The fourth-order valence-corrected chi connectivity index (χ4v) is 3.39. The van der Waals surface area contributed by atoms with E-state index in [2.05, 4.69) is 4.98 Å². The van der Waals surface area contributed by atoms with Gasteiger partial charge >= 0.3 is 0 Å². The van der Waals surface area contributed by atoms with Crippen molar-refractivity contribution in [3.8, 4) is 0 Å². The molecule has 0 unspecified atom stereocenters. The molecule has 2 N–H and O–H groups in total. The van der Waals surface area contributed by atoms with Crippen molar-refractivity contribution >= 4 is 5.82 Å². The van der Waals surface area contributed by atoms with Crippen LogP contribution in [0.5, 0.6) is 0 Å². The highest BCUT2D eigenvalue weighted by Gasteiger charge is 2.47. The number of anilines is 1. The molecule has 1 aromatic heterocycles. The Hall–Kier alpha value is -1.32. The van der Waals surface area contributed by atoms with Gasteiger partial charge in [-0.05, 0) is 43.9 Å². The van der Waals surface area contributed by atoms with E-state index in [0.29, 0.717) is 22.7 Å². The summed E-state index contributed by atoms with van der Waals surface area (Å²) >= 11 is 0. The molecule has 2 aliphatic rings. The summed E-state index contributed by atoms with van der Waals surface area (Å²) in [7, 11) is 0. The predicted molar refractivity (Wildman–Crippen MR) is 66.7 cm³/mol. The van der Waals surface area contributed by atoms with E-state index in [0.717, 1.165) is 6.54 Å². The molecule has 0 bridgehead atoms. The summed E-state index contributed by atoms with van der Waals surface area (Å²) in [5.74, 6) is 1.02. The number of hydrogen-bond acceptors (Lipinski definition) is 3. The molecule has 2 saturated carbocycles. The highest BCUT2D eigenvalue weighted by Crippen LogP contribution is 2.58. The van der Waals surface area contributed by atoms with E-state index in [1.165, 1.54) is 32.1 Å². The maximum atomic E-state index is 12.0. The Labute approximate surface area is 101 Å². The second-order valence-electron chi connectivity index (χ2n) is 5.84. The fourth-order valence-electron chi connectivity index (χ4n) is 3.39. The number of hydrogen-bond donors (Lipinski definition) is 1. The van der Waals surface area contributed by atoms with Crippen LogP contribution in [0.3, 0.4) is 0 Å². The SMILES string of the molecule is Cc1c(N)ncn(CC2CC3(CCC3)C2)c1=O. The van der Waals surface area contributed by atoms with Crippen LogP contribution in [0.1, 0.15) is 37.7 Å². The number of aromatic nitrogens is 2. The van der Waals surface area contributed by atoms with E-state index in [-0.39, 0.29) is 5.56 Å². The summed E-state index contributed by atoms with van der Waals surface area (Å²) < 4.78 is 1.72. The average molecular weight is 233 g/mol. The van der Waals surface area contributed by atoms with Crippen LogP contribution < -0.4 is 11.3 Å². The summed E-state index contributed by atoms with van der Waals surface area (Å²) in [6.45, 7) is 2.56. The molecule has 1 heterocycles. The first-order valence-corrected chi connectivity index (χ1v) is 6.41. The van der Waals surface area contributed by atoms with E-state index >= 15 is 0 Å². The molecule has 17 heavy (non-hydrogen) atoms. The van der Waals surface area contributed by atoms with Crippen LogP contribution in [0.4, 0.5) is 5.82 Å². The Morgan fingerprint density at radius 1 is 1.53 bits per heavy atom. The predicted octanol–water partition coefficient (Wildman–Crippen LogP) is 1.71. The van der Waals surface area contributed by atoms with Crippen molar-refractivity contribution in [3.05, 3.63) is 22.2 Å². The Kier molecular flexibility index (Phi) is 2.28. The van der Waals surface area contributed by atoms with Gasteiger partial charge in [-0.15, -0.1) is 0 Å². The summed E-state index contributed by atoms with van der Waals surface area (Å²) in [6, 6.07) is 0. The summed E-state index contributed by atoms with van der Waals surface area (Å²) in [4.78, 5) is 16.0. The van der Waals surface area contributed by atoms with Crippen molar-refractivity contribution in [2.45, 2.75) is 45.6 Å². The smallest absolute Gasteiger partial charge is 0.258 e. The molecule has 4 nitrogen and oxygen atoms in total. The number of rotatable bonds is 2. The molecule has 3 rings (SSSR count). The first-order valence-electron chi connectivity index (χ1n) is 6.41. The molecule has 0 atom stereocenters. The third-order valence-electron chi connectivity index (χ3n) is 4.61. The van der Waals surface area contributed by atoms with Gasteiger partial charge in [-0.2, -0.15) is 0 Å². The van der Waals surface area contributed by atoms with Gasteiger partial charge in [0.2, 0.25) is 0 Å². The second kappa shape index (κ2) is 3.59. The number of nitrogen functional groups attached to an aromatic ring is 1. The van der Waals surface area contributed by atoms with Gasteiger partial charge < -0.3 is 5.73 Å². The second-order valence-corrected chi connectivity index (χ2v) is 5.84. The fraction of sp³-hybridized carbons (Fsp3) is 0.692. The van der Waals surface area contributed by atoms with E-state index in [4.69, 9.17) is 5.73 Å². The van der Waals surface area contributed by atoms with Gasteiger partial charge in [0.25, 0.3) is 5.56 Å². The van der Waals surface area contributed by atoms with Crippen LogP contribution in [0.15, 0.2) is 11.1 Å². The Morgan fingerprint density at radius 2 is 2.24 bits per heavy atom. The highest BCUT2D eigenvalue weighted by atomic mass is 16.1. The van der Waals surface area contributed by atoms with Gasteiger partial charge in [0, 0.05) is 6.54 Å². The van der Waals surface area contributed by atoms with Crippen LogP contribution >= 0.6 is 0 Å². The highest BCUT2D eigenvalue weighted by molar-refractivity contribution is 5.35. The molecule has 1 aromatic rings. The Morgan fingerprint density at radius 3 is 2.82 bits per heavy atom. The standard InChI is InChI=1S/C13H19N3O/c1-9-11(14)15-8-16(12(9)17)7-10-5-13(6-10)3-2-4-13/h8,10H,2-7,14H2,1H3. The van der Waals surface area contributed by atoms with Crippen molar-refractivity contribution in [1.29, 1.82) is 0 Å². The van der Waals surface area contributed by atoms with Gasteiger partial charge in [-0.1, -0.05) is 6.42 Å². The zero-order valence-corrected chi connectivity index (χ0v) is 10.3. The molecule has 1 spiro atoms. The molecule has 4 heteroatoms. The topological polar surface area (TPSA) is 60.9 Å². The number of nitrogens with two attached hydrogens (primary N) is 1. The lowest BCUT2D eigenvalue weighted by Gasteiger charge is -2.54. The quantitative estimate of drug-likeness (QED) is 0.846. The van der Waals surface area contributed by atoms with Crippen LogP contribution in [0.2, 0.25) is 0 Å². The molecule has 0 aliphatic heterocycles. The van der Waals surface area contributed by atoms with Crippen LogP contribution in [0, 0.1) is 18.3 Å². The Balaban J connectivity index is 1.70. The van der Waals surface area contributed by atoms with Gasteiger partial charge in [-0.3, -0.25) is 9.36 Å². The van der Waals surface area contributed by atoms with E-state index < -0.39 is 0 Å². The first kappa shape index (κ1) is 10.8. The first-order chi connectivity index (χ1) is 8.10. The molecule has 2 fully saturated rings.